The normalized spacial score (nSPS) is 22.0. The second-order valence-corrected chi connectivity index (χ2v) is 13.7. The van der Waals surface area contributed by atoms with Gasteiger partial charge >= 0.3 is 12.2 Å². The maximum Gasteiger partial charge on any atom is 0.416 e. The van der Waals surface area contributed by atoms with Crippen molar-refractivity contribution >= 4 is 29.2 Å². The van der Waals surface area contributed by atoms with Crippen molar-refractivity contribution in [2.45, 2.75) is 96.6 Å². The van der Waals surface area contributed by atoms with Crippen molar-refractivity contribution in [1.82, 2.24) is 9.80 Å². The van der Waals surface area contributed by atoms with Gasteiger partial charge in [-0.2, -0.15) is 13.2 Å². The highest BCUT2D eigenvalue weighted by Crippen LogP contribution is 2.31. The summed E-state index contributed by atoms with van der Waals surface area (Å²) in [6.07, 6.45) is 1.84. The van der Waals surface area contributed by atoms with Crippen molar-refractivity contribution in [2.75, 3.05) is 44.0 Å². The highest BCUT2D eigenvalue weighted by atomic mass is 19.4. The van der Waals surface area contributed by atoms with Crippen molar-refractivity contribution in [2.24, 2.45) is 11.8 Å². The van der Waals surface area contributed by atoms with Gasteiger partial charge in [-0.3, -0.25) is 9.59 Å². The number of alkyl halides is 3. The van der Waals surface area contributed by atoms with Crippen LogP contribution in [0.25, 0.3) is 0 Å². The third kappa shape index (κ3) is 10.8. The molecule has 276 valence electrons. The van der Waals surface area contributed by atoms with E-state index in [1.54, 1.807) is 37.1 Å². The van der Waals surface area contributed by atoms with E-state index in [0.717, 1.165) is 57.1 Å². The van der Waals surface area contributed by atoms with Crippen molar-refractivity contribution in [3.63, 3.8) is 0 Å². The number of nitrogens with one attached hydrogen (secondary N) is 2. The fourth-order valence-corrected chi connectivity index (χ4v) is 6.39. The summed E-state index contributed by atoms with van der Waals surface area (Å²) in [6.45, 7) is 5.99. The van der Waals surface area contributed by atoms with Crippen LogP contribution in [0.2, 0.25) is 0 Å². The van der Waals surface area contributed by atoms with Gasteiger partial charge < -0.3 is 35.0 Å². The third-order valence-corrected chi connectivity index (χ3v) is 9.56. The molecule has 0 spiro atoms. The van der Waals surface area contributed by atoms with Crippen LogP contribution in [-0.2, 0) is 15.7 Å². The van der Waals surface area contributed by atoms with Gasteiger partial charge in [-0.05, 0) is 88.4 Å². The molecule has 0 radical (unpaired) electrons. The van der Waals surface area contributed by atoms with Crippen molar-refractivity contribution in [3.8, 4) is 5.75 Å². The number of likely N-dealkylation sites (N-methyl/N-ethyl adjacent to an activating group) is 1. The van der Waals surface area contributed by atoms with Crippen molar-refractivity contribution < 1.29 is 42.1 Å². The summed E-state index contributed by atoms with van der Waals surface area (Å²) in [5.74, 6) is -0.421. The SMILES string of the molecule is C[C@@H]1CCCCO[C@H](CN(C)C(=O)Nc2ccc(C(F)(F)F)cc2)[C@H](C)CN([C@@H](C)CO)C(=O)c2cc(NC(=O)C3CCCCC3)ccc2O1. The zero-order valence-electron chi connectivity index (χ0n) is 29.4. The molecule has 4 rings (SSSR count). The number of nitrogens with zero attached hydrogens (tertiary/aromatic N) is 2. The number of fused-ring (bicyclic) bond motifs is 1. The predicted molar refractivity (Wildman–Crippen MR) is 185 cm³/mol. The third-order valence-electron chi connectivity index (χ3n) is 9.56. The van der Waals surface area contributed by atoms with Gasteiger partial charge in [-0.15, -0.1) is 0 Å². The van der Waals surface area contributed by atoms with Crippen LogP contribution in [0.15, 0.2) is 42.5 Å². The molecule has 1 aliphatic heterocycles. The van der Waals surface area contributed by atoms with E-state index in [1.165, 1.54) is 17.0 Å². The van der Waals surface area contributed by atoms with Gasteiger partial charge in [0.2, 0.25) is 5.91 Å². The molecule has 4 atom stereocenters. The Bertz CT molecular complexity index is 1430. The number of carbonyl (C=O) groups is 3. The second-order valence-electron chi connectivity index (χ2n) is 13.7. The molecule has 50 heavy (non-hydrogen) atoms. The van der Waals surface area contributed by atoms with Crippen molar-refractivity contribution in [1.29, 1.82) is 0 Å². The van der Waals surface area contributed by atoms with E-state index >= 15 is 0 Å². The summed E-state index contributed by atoms with van der Waals surface area (Å²) in [4.78, 5) is 43.5. The van der Waals surface area contributed by atoms with Gasteiger partial charge in [0.25, 0.3) is 5.91 Å². The van der Waals surface area contributed by atoms with Crippen LogP contribution in [0, 0.1) is 11.8 Å². The Kier molecular flexibility index (Phi) is 13.9. The standard InChI is InChI=1S/C37H51F3N4O6/c1-24-21-44(25(2)23-45)35(47)31-20-30(41-34(46)27-11-6-5-7-12-27)17-18-32(31)50-26(3)10-8-9-19-49-33(24)22-43(4)36(48)42-29-15-13-28(14-16-29)37(38,39)40/h13-18,20,24-27,33,45H,5-12,19,21-23H2,1-4H3,(H,41,46)(H,42,48)/t24-,25+,26-,33-/m1/s1. The van der Waals surface area contributed by atoms with Gasteiger partial charge in [-0.1, -0.05) is 26.2 Å². The smallest absolute Gasteiger partial charge is 0.416 e. The van der Waals surface area contributed by atoms with Gasteiger partial charge in [0.1, 0.15) is 5.75 Å². The van der Waals surface area contributed by atoms with E-state index in [9.17, 15) is 32.7 Å². The lowest BCUT2D eigenvalue weighted by molar-refractivity contribution is -0.137. The minimum absolute atomic E-state index is 0.0621. The quantitative estimate of drug-likeness (QED) is 0.281. The molecule has 4 amide bonds. The molecule has 1 heterocycles. The number of aliphatic hydroxyl groups is 1. The van der Waals surface area contributed by atoms with Crippen LogP contribution >= 0.6 is 0 Å². The number of halogens is 3. The number of hydrogen-bond donors (Lipinski definition) is 3. The Morgan fingerprint density at radius 3 is 2.30 bits per heavy atom. The molecular formula is C37H51F3N4O6. The number of amides is 4. The van der Waals surface area contributed by atoms with Crippen LogP contribution in [0.1, 0.15) is 88.1 Å². The molecule has 3 N–H and O–H groups in total. The summed E-state index contributed by atoms with van der Waals surface area (Å²) in [7, 11) is 1.57. The second kappa shape index (κ2) is 17.9. The Morgan fingerprint density at radius 2 is 1.64 bits per heavy atom. The van der Waals surface area contributed by atoms with Gasteiger partial charge in [-0.25, -0.2) is 4.79 Å². The summed E-state index contributed by atoms with van der Waals surface area (Å²) in [5, 5.41) is 15.9. The Balaban J connectivity index is 1.55. The number of carbonyl (C=O) groups excluding carboxylic acids is 3. The molecule has 1 fully saturated rings. The maximum atomic E-state index is 14.4. The number of rotatable bonds is 7. The van der Waals surface area contributed by atoms with Gasteiger partial charge in [0.15, 0.2) is 0 Å². The Labute approximate surface area is 292 Å². The average Bonchev–Trinajstić information content (AvgIpc) is 3.09. The first-order chi connectivity index (χ1) is 23.8. The highest BCUT2D eigenvalue weighted by Gasteiger charge is 2.32. The zero-order valence-corrected chi connectivity index (χ0v) is 29.4. The predicted octanol–water partition coefficient (Wildman–Crippen LogP) is 7.18. The number of benzene rings is 2. The van der Waals surface area contributed by atoms with Crippen LogP contribution < -0.4 is 15.4 Å². The fraction of sp³-hybridized carbons (Fsp3) is 0.595. The van der Waals surface area contributed by atoms with Crippen LogP contribution in [0.5, 0.6) is 5.75 Å². The molecular weight excluding hydrogens is 653 g/mol. The largest absolute Gasteiger partial charge is 0.490 e. The summed E-state index contributed by atoms with van der Waals surface area (Å²) in [6, 6.07) is 8.22. The lowest BCUT2D eigenvalue weighted by atomic mass is 9.88. The van der Waals surface area contributed by atoms with Crippen LogP contribution in [0.3, 0.4) is 0 Å². The molecule has 0 aromatic heterocycles. The first-order valence-corrected chi connectivity index (χ1v) is 17.6. The number of urea groups is 1. The number of aliphatic hydroxyl groups excluding tert-OH is 1. The van der Waals surface area contributed by atoms with E-state index < -0.39 is 29.9 Å². The van der Waals surface area contributed by atoms with Crippen LogP contribution in [-0.4, -0.2) is 84.4 Å². The molecule has 0 bridgehead atoms. The molecule has 0 saturated heterocycles. The number of ether oxygens (including phenoxy) is 2. The lowest BCUT2D eigenvalue weighted by Gasteiger charge is -2.35. The topological polar surface area (TPSA) is 120 Å². The highest BCUT2D eigenvalue weighted by molar-refractivity contribution is 6.00. The zero-order chi connectivity index (χ0) is 36.4. The number of anilines is 2. The van der Waals surface area contributed by atoms with Gasteiger partial charge in [0, 0.05) is 50.0 Å². The lowest BCUT2D eigenvalue weighted by Crippen LogP contribution is -2.48. The van der Waals surface area contributed by atoms with E-state index in [1.807, 2.05) is 13.8 Å². The van der Waals surface area contributed by atoms with Gasteiger partial charge in [0.05, 0.1) is 36.0 Å². The number of hydrogen-bond acceptors (Lipinski definition) is 6. The Hall–Kier alpha value is -3.84. The molecule has 1 aliphatic carbocycles. The molecule has 10 nitrogen and oxygen atoms in total. The summed E-state index contributed by atoms with van der Waals surface area (Å²) in [5.41, 5.74) is 0.170. The monoisotopic (exact) mass is 704 g/mol. The molecule has 1 saturated carbocycles. The fourth-order valence-electron chi connectivity index (χ4n) is 6.39. The van der Waals surface area contributed by atoms with E-state index in [-0.39, 0.29) is 60.7 Å². The Morgan fingerprint density at radius 1 is 0.980 bits per heavy atom. The first-order valence-electron chi connectivity index (χ1n) is 17.6. The average molecular weight is 705 g/mol. The molecule has 2 aromatic rings. The van der Waals surface area contributed by atoms with Crippen LogP contribution in [0.4, 0.5) is 29.3 Å². The minimum Gasteiger partial charge on any atom is -0.490 e. The first kappa shape index (κ1) is 39.0. The van der Waals surface area contributed by atoms with E-state index in [4.69, 9.17) is 9.47 Å². The minimum atomic E-state index is -4.48. The van der Waals surface area contributed by atoms with E-state index in [2.05, 4.69) is 10.6 Å². The van der Waals surface area contributed by atoms with Crippen molar-refractivity contribution in [3.05, 3.63) is 53.6 Å². The summed E-state index contributed by atoms with van der Waals surface area (Å²) >= 11 is 0. The summed E-state index contributed by atoms with van der Waals surface area (Å²) < 4.78 is 51.6. The van der Waals surface area contributed by atoms with E-state index in [0.29, 0.717) is 24.5 Å². The molecule has 2 aromatic carbocycles. The maximum absolute atomic E-state index is 14.4. The molecule has 2 aliphatic rings. The molecule has 0 unspecified atom stereocenters. The molecule has 13 heteroatoms.